The summed E-state index contributed by atoms with van der Waals surface area (Å²) in [5.74, 6) is 0.862. The van der Waals surface area contributed by atoms with Crippen LogP contribution in [-0.2, 0) is 11.3 Å². The van der Waals surface area contributed by atoms with Gasteiger partial charge >= 0.3 is 0 Å². The summed E-state index contributed by atoms with van der Waals surface area (Å²) in [6.07, 6.45) is 0. The molecule has 0 aliphatic heterocycles. The molecule has 1 heterocycles. The molecule has 0 bridgehead atoms. The van der Waals surface area contributed by atoms with Crippen LogP contribution in [0.2, 0.25) is 0 Å². The van der Waals surface area contributed by atoms with Crippen molar-refractivity contribution >= 4 is 16.9 Å². The maximum Gasteiger partial charge on any atom is 0.251 e. The molecule has 3 aromatic rings. The monoisotopic (exact) mass is 337 g/mol. The molecule has 0 radical (unpaired) electrons. The fraction of sp³-hybridized carbons (Fsp3) is 0.300. The molecule has 2 N–H and O–H groups in total. The Hall–Kier alpha value is -2.66. The Kier molecular flexibility index (Phi) is 5.14. The molecule has 25 heavy (non-hydrogen) atoms. The maximum absolute atomic E-state index is 12.7. The summed E-state index contributed by atoms with van der Waals surface area (Å²) in [6, 6.07) is 15.2. The number of H-pyrrole nitrogens is 1. The smallest absolute Gasteiger partial charge is 0.251 e. The van der Waals surface area contributed by atoms with Crippen LogP contribution in [0.25, 0.3) is 11.0 Å². The number of nitrogens with one attached hydrogen (secondary N) is 2. The third-order valence-corrected chi connectivity index (χ3v) is 4.16. The second-order valence-corrected chi connectivity index (χ2v) is 6.47. The van der Waals surface area contributed by atoms with Crippen LogP contribution >= 0.6 is 0 Å². The number of hydrogen-bond acceptors (Lipinski definition) is 3. The molecule has 0 saturated heterocycles. The standard InChI is InChI=1S/C20H23N3O2/c1-13(2)18(19-21-16-9-4-5-10-17(16)22-19)23-20(24)15-8-6-7-14(11-15)12-25-3/h4-11,13,18H,12H2,1-3H3,(H,21,22)(H,23,24). The number of rotatable bonds is 6. The average molecular weight is 337 g/mol. The number of carbonyl (C=O) groups is 1. The normalized spacial score (nSPS) is 12.5. The van der Waals surface area contributed by atoms with Crippen molar-refractivity contribution < 1.29 is 9.53 Å². The Morgan fingerprint density at radius 1 is 1.20 bits per heavy atom. The van der Waals surface area contributed by atoms with Gasteiger partial charge in [0.25, 0.3) is 5.91 Å². The van der Waals surface area contributed by atoms with Crippen LogP contribution in [0.5, 0.6) is 0 Å². The van der Waals surface area contributed by atoms with Gasteiger partial charge in [-0.15, -0.1) is 0 Å². The van der Waals surface area contributed by atoms with Crippen LogP contribution in [0.3, 0.4) is 0 Å². The van der Waals surface area contributed by atoms with Crippen LogP contribution in [0, 0.1) is 5.92 Å². The van der Waals surface area contributed by atoms with Crippen LogP contribution in [0.1, 0.15) is 41.6 Å². The van der Waals surface area contributed by atoms with Gasteiger partial charge < -0.3 is 15.0 Å². The molecule has 1 unspecified atom stereocenters. The fourth-order valence-electron chi connectivity index (χ4n) is 2.86. The van der Waals surface area contributed by atoms with Crippen molar-refractivity contribution in [2.45, 2.75) is 26.5 Å². The first-order chi connectivity index (χ1) is 12.1. The predicted octanol–water partition coefficient (Wildman–Crippen LogP) is 3.84. The number of aromatic amines is 1. The Labute approximate surface area is 147 Å². The van der Waals surface area contributed by atoms with Crippen LogP contribution in [-0.4, -0.2) is 23.0 Å². The first-order valence-electron chi connectivity index (χ1n) is 8.42. The number of nitrogens with zero attached hydrogens (tertiary/aromatic N) is 1. The highest BCUT2D eigenvalue weighted by molar-refractivity contribution is 5.94. The number of benzene rings is 2. The van der Waals surface area contributed by atoms with Gasteiger partial charge in [0.2, 0.25) is 0 Å². The number of imidazole rings is 1. The third kappa shape index (κ3) is 3.88. The van der Waals surface area contributed by atoms with E-state index in [1.165, 1.54) is 0 Å². The molecule has 0 aliphatic rings. The Balaban J connectivity index is 1.84. The summed E-state index contributed by atoms with van der Waals surface area (Å²) in [6.45, 7) is 4.62. The molecule has 0 fully saturated rings. The van der Waals surface area contributed by atoms with Crippen LogP contribution in [0.15, 0.2) is 48.5 Å². The van der Waals surface area contributed by atoms with E-state index in [9.17, 15) is 4.79 Å². The van der Waals surface area contributed by atoms with E-state index in [1.54, 1.807) is 7.11 Å². The molecule has 0 aliphatic carbocycles. The molecule has 3 rings (SSSR count). The highest BCUT2D eigenvalue weighted by atomic mass is 16.5. The van der Waals surface area contributed by atoms with E-state index in [-0.39, 0.29) is 17.9 Å². The van der Waals surface area contributed by atoms with Gasteiger partial charge in [-0.25, -0.2) is 4.98 Å². The van der Waals surface area contributed by atoms with E-state index in [0.717, 1.165) is 22.4 Å². The minimum Gasteiger partial charge on any atom is -0.380 e. The summed E-state index contributed by atoms with van der Waals surface area (Å²) in [4.78, 5) is 20.7. The number of methoxy groups -OCH3 is 1. The molecule has 5 heteroatoms. The van der Waals surface area contributed by atoms with Crippen molar-refractivity contribution in [3.63, 3.8) is 0 Å². The van der Waals surface area contributed by atoms with Gasteiger partial charge in [-0.2, -0.15) is 0 Å². The van der Waals surface area contributed by atoms with E-state index in [0.29, 0.717) is 12.2 Å². The van der Waals surface area contributed by atoms with Gasteiger partial charge in [0.05, 0.1) is 23.7 Å². The van der Waals surface area contributed by atoms with E-state index in [1.807, 2.05) is 48.5 Å². The lowest BCUT2D eigenvalue weighted by Crippen LogP contribution is -2.32. The second-order valence-electron chi connectivity index (χ2n) is 6.47. The molecule has 1 atom stereocenters. The fourth-order valence-corrected chi connectivity index (χ4v) is 2.86. The summed E-state index contributed by atoms with van der Waals surface area (Å²) >= 11 is 0. The van der Waals surface area contributed by atoms with Gasteiger partial charge in [-0.3, -0.25) is 4.79 Å². The lowest BCUT2D eigenvalue weighted by atomic mass is 10.0. The number of amides is 1. The number of hydrogen-bond donors (Lipinski definition) is 2. The molecule has 0 spiro atoms. The van der Waals surface area contributed by atoms with Crippen molar-refractivity contribution in [3.05, 3.63) is 65.5 Å². The molecule has 0 saturated carbocycles. The highest BCUT2D eigenvalue weighted by Crippen LogP contribution is 2.22. The number of ether oxygens (including phenoxy) is 1. The van der Waals surface area contributed by atoms with Crippen molar-refractivity contribution in [1.29, 1.82) is 0 Å². The van der Waals surface area contributed by atoms with Gasteiger partial charge in [0.15, 0.2) is 0 Å². The average Bonchev–Trinajstić information content (AvgIpc) is 3.03. The minimum atomic E-state index is -0.189. The van der Waals surface area contributed by atoms with Gasteiger partial charge in [0.1, 0.15) is 5.82 Å². The van der Waals surface area contributed by atoms with Crippen molar-refractivity contribution in [1.82, 2.24) is 15.3 Å². The molecular formula is C20H23N3O2. The zero-order valence-corrected chi connectivity index (χ0v) is 14.7. The summed E-state index contributed by atoms with van der Waals surface area (Å²) in [5.41, 5.74) is 3.47. The van der Waals surface area contributed by atoms with Crippen molar-refractivity contribution in [2.24, 2.45) is 5.92 Å². The topological polar surface area (TPSA) is 67.0 Å². The van der Waals surface area contributed by atoms with Crippen LogP contribution in [0.4, 0.5) is 0 Å². The minimum absolute atomic E-state index is 0.114. The number of aromatic nitrogens is 2. The quantitative estimate of drug-likeness (QED) is 0.718. The summed E-state index contributed by atoms with van der Waals surface area (Å²) in [5, 5.41) is 3.11. The van der Waals surface area contributed by atoms with E-state index >= 15 is 0 Å². The number of para-hydroxylation sites is 2. The van der Waals surface area contributed by atoms with E-state index < -0.39 is 0 Å². The zero-order chi connectivity index (χ0) is 17.8. The molecule has 1 amide bonds. The summed E-state index contributed by atoms with van der Waals surface area (Å²) in [7, 11) is 1.64. The lowest BCUT2D eigenvalue weighted by molar-refractivity contribution is 0.0923. The Bertz CT molecular complexity index is 837. The molecule has 1 aromatic heterocycles. The molecule has 2 aromatic carbocycles. The van der Waals surface area contributed by atoms with Crippen LogP contribution < -0.4 is 5.32 Å². The Morgan fingerprint density at radius 3 is 2.72 bits per heavy atom. The number of carbonyl (C=O) groups excluding carboxylic acids is 1. The van der Waals surface area contributed by atoms with Gasteiger partial charge in [-0.05, 0) is 35.7 Å². The van der Waals surface area contributed by atoms with E-state index in [4.69, 9.17) is 4.74 Å². The molecule has 5 nitrogen and oxygen atoms in total. The molecule has 130 valence electrons. The Morgan fingerprint density at radius 2 is 2.00 bits per heavy atom. The largest absolute Gasteiger partial charge is 0.380 e. The SMILES string of the molecule is COCc1cccc(C(=O)NC(c2nc3ccccc3[nH]2)C(C)C)c1. The first-order valence-corrected chi connectivity index (χ1v) is 8.42. The molecular weight excluding hydrogens is 314 g/mol. The zero-order valence-electron chi connectivity index (χ0n) is 14.7. The highest BCUT2D eigenvalue weighted by Gasteiger charge is 2.22. The second kappa shape index (κ2) is 7.49. The first kappa shape index (κ1) is 17.2. The van der Waals surface area contributed by atoms with Crippen molar-refractivity contribution in [2.75, 3.05) is 7.11 Å². The maximum atomic E-state index is 12.7. The predicted molar refractivity (Wildman–Crippen MR) is 98.3 cm³/mol. The van der Waals surface area contributed by atoms with Gasteiger partial charge in [-0.1, -0.05) is 38.1 Å². The number of fused-ring (bicyclic) bond motifs is 1. The van der Waals surface area contributed by atoms with Gasteiger partial charge in [0, 0.05) is 12.7 Å². The van der Waals surface area contributed by atoms with Crippen molar-refractivity contribution in [3.8, 4) is 0 Å². The third-order valence-electron chi connectivity index (χ3n) is 4.16. The lowest BCUT2D eigenvalue weighted by Gasteiger charge is -2.20. The summed E-state index contributed by atoms with van der Waals surface area (Å²) < 4.78 is 5.14. The van der Waals surface area contributed by atoms with E-state index in [2.05, 4.69) is 29.1 Å².